The van der Waals surface area contributed by atoms with Crippen molar-refractivity contribution in [3.8, 4) is 0 Å². The maximum atomic E-state index is 11.7. The summed E-state index contributed by atoms with van der Waals surface area (Å²) in [5.41, 5.74) is 0.405. The molecule has 2 heteroatoms. The Balaban J connectivity index is 2.11. The highest BCUT2D eigenvalue weighted by Crippen LogP contribution is 2.52. The first-order chi connectivity index (χ1) is 7.71. The molecule has 0 aromatic carbocycles. The molecule has 2 bridgehead atoms. The zero-order valence-corrected chi connectivity index (χ0v) is 10.4. The molecule has 3 atom stereocenters. The molecule has 2 fully saturated rings. The van der Waals surface area contributed by atoms with E-state index in [0.717, 1.165) is 12.8 Å². The summed E-state index contributed by atoms with van der Waals surface area (Å²) in [6.07, 6.45) is 11.7. The van der Waals surface area contributed by atoms with E-state index >= 15 is 0 Å². The molecule has 2 aliphatic rings. The molecule has 2 rings (SSSR count). The second-order valence-electron chi connectivity index (χ2n) is 5.39. The van der Waals surface area contributed by atoms with Gasteiger partial charge in [0.15, 0.2) is 0 Å². The van der Waals surface area contributed by atoms with Crippen molar-refractivity contribution in [2.24, 2.45) is 17.3 Å². The van der Waals surface area contributed by atoms with Crippen LogP contribution in [0.4, 0.5) is 0 Å². The third-order valence-electron chi connectivity index (χ3n) is 4.46. The van der Waals surface area contributed by atoms with E-state index in [9.17, 15) is 4.79 Å². The Morgan fingerprint density at radius 2 is 2.19 bits per heavy atom. The molecule has 0 heterocycles. The van der Waals surface area contributed by atoms with Crippen LogP contribution >= 0.6 is 0 Å². The normalized spacial score (nSPS) is 38.6. The van der Waals surface area contributed by atoms with Crippen molar-refractivity contribution in [3.63, 3.8) is 0 Å². The number of carbonyl (C=O) groups excluding carboxylic acids is 1. The highest BCUT2D eigenvalue weighted by molar-refractivity contribution is 5.72. The molecule has 2 aliphatic carbocycles. The fourth-order valence-electron chi connectivity index (χ4n) is 3.74. The largest absolute Gasteiger partial charge is 0.469 e. The summed E-state index contributed by atoms with van der Waals surface area (Å²) < 4.78 is 4.92. The molecule has 90 valence electrons. The summed E-state index contributed by atoms with van der Waals surface area (Å²) in [5.74, 6) is 0.746. The second-order valence-corrected chi connectivity index (χ2v) is 5.39. The summed E-state index contributed by atoms with van der Waals surface area (Å²) in [6.45, 7) is 2.10. The lowest BCUT2D eigenvalue weighted by atomic mass is 9.58. The van der Waals surface area contributed by atoms with Gasteiger partial charge in [0, 0.05) is 0 Å². The molecule has 0 aliphatic heterocycles. The summed E-state index contributed by atoms with van der Waals surface area (Å²) in [4.78, 5) is 11.7. The smallest absolute Gasteiger partial charge is 0.308 e. The Morgan fingerprint density at radius 3 is 2.88 bits per heavy atom. The SMILES string of the molecule is C/C=C\C12CCCC(C1)C(C(=O)OC)CC2. The molecule has 2 nitrogen and oxygen atoms in total. The number of methoxy groups -OCH3 is 1. The van der Waals surface area contributed by atoms with E-state index in [0.29, 0.717) is 11.3 Å². The van der Waals surface area contributed by atoms with Gasteiger partial charge in [0.05, 0.1) is 13.0 Å². The van der Waals surface area contributed by atoms with Gasteiger partial charge in [0.2, 0.25) is 0 Å². The first-order valence-corrected chi connectivity index (χ1v) is 6.42. The van der Waals surface area contributed by atoms with Crippen LogP contribution in [0, 0.1) is 17.3 Å². The van der Waals surface area contributed by atoms with E-state index in [2.05, 4.69) is 19.1 Å². The van der Waals surface area contributed by atoms with Gasteiger partial charge in [-0.3, -0.25) is 4.79 Å². The molecule has 0 radical (unpaired) electrons. The van der Waals surface area contributed by atoms with Gasteiger partial charge < -0.3 is 4.74 Å². The molecule has 0 amide bonds. The van der Waals surface area contributed by atoms with E-state index in [1.807, 2.05) is 0 Å². The van der Waals surface area contributed by atoms with Gasteiger partial charge in [-0.1, -0.05) is 18.6 Å². The van der Waals surface area contributed by atoms with Gasteiger partial charge in [0.25, 0.3) is 0 Å². The molecule has 0 aromatic heterocycles. The summed E-state index contributed by atoms with van der Waals surface area (Å²) in [6, 6.07) is 0. The van der Waals surface area contributed by atoms with Crippen LogP contribution in [-0.2, 0) is 9.53 Å². The molecule has 0 N–H and O–H groups in total. The highest BCUT2D eigenvalue weighted by Gasteiger charge is 2.44. The number of hydrogen-bond donors (Lipinski definition) is 0. The Hall–Kier alpha value is -0.790. The summed E-state index contributed by atoms with van der Waals surface area (Å²) in [5, 5.41) is 0. The molecule has 0 aromatic rings. The predicted molar refractivity (Wildman–Crippen MR) is 63.9 cm³/mol. The Morgan fingerprint density at radius 1 is 1.38 bits per heavy atom. The molecule has 3 unspecified atom stereocenters. The lowest BCUT2D eigenvalue weighted by molar-refractivity contribution is -0.150. The van der Waals surface area contributed by atoms with Crippen LogP contribution < -0.4 is 0 Å². The molecular weight excluding hydrogens is 200 g/mol. The van der Waals surface area contributed by atoms with Gasteiger partial charge in [-0.25, -0.2) is 0 Å². The topological polar surface area (TPSA) is 26.3 Å². The molecule has 0 saturated heterocycles. The molecule has 2 saturated carbocycles. The maximum Gasteiger partial charge on any atom is 0.308 e. The quantitative estimate of drug-likeness (QED) is 0.529. The predicted octanol–water partition coefficient (Wildman–Crippen LogP) is 3.32. The van der Waals surface area contributed by atoms with Crippen LogP contribution in [0.3, 0.4) is 0 Å². The van der Waals surface area contributed by atoms with Crippen molar-refractivity contribution in [2.75, 3.05) is 7.11 Å². The number of rotatable bonds is 2. The number of ether oxygens (including phenoxy) is 1. The van der Waals surface area contributed by atoms with Gasteiger partial charge in [-0.2, -0.15) is 0 Å². The van der Waals surface area contributed by atoms with Crippen molar-refractivity contribution >= 4 is 5.97 Å². The van der Waals surface area contributed by atoms with Gasteiger partial charge in [-0.15, -0.1) is 0 Å². The number of esters is 1. The number of hydrogen-bond acceptors (Lipinski definition) is 2. The minimum Gasteiger partial charge on any atom is -0.469 e. The molecule has 16 heavy (non-hydrogen) atoms. The van der Waals surface area contributed by atoms with Crippen LogP contribution in [0.15, 0.2) is 12.2 Å². The zero-order chi connectivity index (χ0) is 11.6. The third kappa shape index (κ3) is 2.02. The van der Waals surface area contributed by atoms with Crippen LogP contribution in [-0.4, -0.2) is 13.1 Å². The van der Waals surface area contributed by atoms with Gasteiger partial charge in [0.1, 0.15) is 0 Å². The van der Waals surface area contributed by atoms with Crippen LogP contribution in [0.25, 0.3) is 0 Å². The third-order valence-corrected chi connectivity index (χ3v) is 4.46. The fraction of sp³-hybridized carbons (Fsp3) is 0.786. The monoisotopic (exact) mass is 222 g/mol. The van der Waals surface area contributed by atoms with Crippen molar-refractivity contribution < 1.29 is 9.53 Å². The van der Waals surface area contributed by atoms with Crippen molar-refractivity contribution in [3.05, 3.63) is 12.2 Å². The minimum atomic E-state index is 0.0148. The average molecular weight is 222 g/mol. The summed E-state index contributed by atoms with van der Waals surface area (Å²) >= 11 is 0. The maximum absolute atomic E-state index is 11.7. The van der Waals surface area contributed by atoms with Crippen LogP contribution in [0.2, 0.25) is 0 Å². The van der Waals surface area contributed by atoms with Crippen LogP contribution in [0.1, 0.15) is 45.4 Å². The first kappa shape index (κ1) is 11.7. The minimum absolute atomic E-state index is 0.0148. The second kappa shape index (κ2) is 4.60. The molecule has 0 spiro atoms. The van der Waals surface area contributed by atoms with E-state index in [1.54, 1.807) is 0 Å². The van der Waals surface area contributed by atoms with Crippen molar-refractivity contribution in [2.45, 2.75) is 45.4 Å². The number of fused-ring (bicyclic) bond motifs is 2. The van der Waals surface area contributed by atoms with Crippen molar-refractivity contribution in [1.29, 1.82) is 0 Å². The first-order valence-electron chi connectivity index (χ1n) is 6.42. The van der Waals surface area contributed by atoms with E-state index in [1.165, 1.54) is 32.8 Å². The van der Waals surface area contributed by atoms with Crippen molar-refractivity contribution in [1.82, 2.24) is 0 Å². The fourth-order valence-corrected chi connectivity index (χ4v) is 3.74. The average Bonchev–Trinajstić information content (AvgIpc) is 2.29. The summed E-state index contributed by atoms with van der Waals surface area (Å²) in [7, 11) is 1.51. The lowest BCUT2D eigenvalue weighted by Crippen LogP contribution is -2.39. The van der Waals surface area contributed by atoms with Gasteiger partial charge in [-0.05, 0) is 50.4 Å². The Labute approximate surface area is 98.1 Å². The zero-order valence-electron chi connectivity index (χ0n) is 10.4. The van der Waals surface area contributed by atoms with Gasteiger partial charge >= 0.3 is 5.97 Å². The molecular formula is C14H22O2. The van der Waals surface area contributed by atoms with Crippen LogP contribution in [0.5, 0.6) is 0 Å². The van der Waals surface area contributed by atoms with E-state index in [4.69, 9.17) is 4.74 Å². The Bertz CT molecular complexity index is 295. The van der Waals surface area contributed by atoms with E-state index in [-0.39, 0.29) is 11.9 Å². The number of allylic oxidation sites excluding steroid dienone is 2. The van der Waals surface area contributed by atoms with E-state index < -0.39 is 0 Å². The Kier molecular flexibility index (Phi) is 3.36. The lowest BCUT2D eigenvalue weighted by Gasteiger charge is -2.46. The number of carbonyl (C=O) groups is 1. The highest BCUT2D eigenvalue weighted by atomic mass is 16.5. The standard InChI is InChI=1S/C14H22O2/c1-3-7-14-8-4-5-11(10-14)12(6-9-14)13(15)16-2/h3,7,11-12H,4-6,8-10H2,1-2H3/b7-3-.